The van der Waals surface area contributed by atoms with E-state index in [1.54, 1.807) is 17.8 Å². The first-order valence-corrected chi connectivity index (χ1v) is 9.10. The van der Waals surface area contributed by atoms with Gasteiger partial charge in [0.15, 0.2) is 5.69 Å². The van der Waals surface area contributed by atoms with E-state index >= 15 is 0 Å². The molecule has 1 aromatic carbocycles. The Bertz CT molecular complexity index is 1200. The number of nitrogens with zero attached hydrogens (tertiary/aromatic N) is 6. The maximum Gasteiger partial charge on any atom is 0.273 e. The number of rotatable bonds is 5. The number of benzene rings is 1. The van der Waals surface area contributed by atoms with Gasteiger partial charge in [-0.25, -0.2) is 9.67 Å². The molecule has 0 fully saturated rings. The summed E-state index contributed by atoms with van der Waals surface area (Å²) in [5.41, 5.74) is 10.1. The zero-order valence-corrected chi connectivity index (χ0v) is 16.1. The van der Waals surface area contributed by atoms with Crippen LogP contribution in [0.3, 0.4) is 0 Å². The van der Waals surface area contributed by atoms with Crippen LogP contribution >= 0.6 is 0 Å². The van der Waals surface area contributed by atoms with E-state index in [-0.39, 0.29) is 18.1 Å². The fourth-order valence-corrected chi connectivity index (χ4v) is 2.99. The summed E-state index contributed by atoms with van der Waals surface area (Å²) in [7, 11) is 0. The van der Waals surface area contributed by atoms with E-state index in [9.17, 15) is 4.79 Å². The average Bonchev–Trinajstić information content (AvgIpc) is 3.16. The van der Waals surface area contributed by atoms with Crippen LogP contribution in [0.2, 0.25) is 0 Å². The van der Waals surface area contributed by atoms with Gasteiger partial charge in [0.25, 0.3) is 5.91 Å². The van der Waals surface area contributed by atoms with E-state index in [4.69, 9.17) is 5.73 Å². The van der Waals surface area contributed by atoms with Crippen LogP contribution in [-0.4, -0.2) is 35.9 Å². The van der Waals surface area contributed by atoms with Crippen LogP contribution in [0.25, 0.3) is 10.9 Å². The zero-order valence-electron chi connectivity index (χ0n) is 16.1. The molecule has 3 aromatic heterocycles. The number of nitrogens with two attached hydrogens (primary N) is 1. The van der Waals surface area contributed by atoms with Crippen molar-refractivity contribution >= 4 is 22.6 Å². The number of nitrogen functional groups attached to an aromatic ring is 1. The molecule has 4 rings (SSSR count). The first kappa shape index (κ1) is 18.5. The molecule has 0 saturated carbocycles. The number of pyridine rings is 1. The fourth-order valence-electron chi connectivity index (χ4n) is 2.99. The van der Waals surface area contributed by atoms with E-state index in [1.165, 1.54) is 6.20 Å². The van der Waals surface area contributed by atoms with Gasteiger partial charge in [0.05, 0.1) is 42.4 Å². The highest BCUT2D eigenvalue weighted by atomic mass is 16.2. The quantitative estimate of drug-likeness (QED) is 0.534. The minimum atomic E-state index is -0.326. The highest BCUT2D eigenvalue weighted by Gasteiger charge is 2.12. The molecule has 0 aliphatic carbocycles. The summed E-state index contributed by atoms with van der Waals surface area (Å²) in [5.74, 6) is 0.0209. The van der Waals surface area contributed by atoms with E-state index in [0.29, 0.717) is 23.8 Å². The minimum Gasteiger partial charge on any atom is -0.382 e. The number of aryl methyl sites for hydroxylation is 2. The Morgan fingerprint density at radius 3 is 2.86 bits per heavy atom. The van der Waals surface area contributed by atoms with Crippen molar-refractivity contribution in [3.05, 3.63) is 71.1 Å². The molecule has 0 bridgehead atoms. The van der Waals surface area contributed by atoms with E-state index in [1.807, 2.05) is 31.2 Å². The number of hydrogen-bond donors (Lipinski definition) is 2. The van der Waals surface area contributed by atoms with Crippen molar-refractivity contribution in [2.45, 2.75) is 26.9 Å². The Morgan fingerprint density at radius 2 is 2.03 bits per heavy atom. The van der Waals surface area contributed by atoms with E-state index in [0.717, 1.165) is 22.2 Å². The molecule has 3 N–H and O–H groups in total. The molecule has 0 aliphatic rings. The van der Waals surface area contributed by atoms with Crippen molar-refractivity contribution in [3.8, 4) is 0 Å². The SMILES string of the molecule is Cc1ccc2cc(Cn3cc(C(=O)NCc4ncc(N)nc4C)nn3)ccc2n1. The highest BCUT2D eigenvalue weighted by molar-refractivity contribution is 5.91. The number of carbonyl (C=O) groups excluding carboxylic acids is 1. The number of anilines is 1. The minimum absolute atomic E-state index is 0.238. The molecule has 0 saturated heterocycles. The number of hydrogen-bond acceptors (Lipinski definition) is 7. The summed E-state index contributed by atoms with van der Waals surface area (Å²) >= 11 is 0. The first-order valence-electron chi connectivity index (χ1n) is 9.10. The lowest BCUT2D eigenvalue weighted by Crippen LogP contribution is -2.24. The predicted molar refractivity (Wildman–Crippen MR) is 108 cm³/mol. The number of fused-ring (bicyclic) bond motifs is 1. The molecule has 29 heavy (non-hydrogen) atoms. The number of carbonyl (C=O) groups is 1. The lowest BCUT2D eigenvalue weighted by molar-refractivity contribution is 0.0945. The molecule has 0 spiro atoms. The van der Waals surface area contributed by atoms with Gasteiger partial charge in [0, 0.05) is 11.1 Å². The zero-order chi connectivity index (χ0) is 20.4. The Balaban J connectivity index is 1.42. The Morgan fingerprint density at radius 1 is 1.17 bits per heavy atom. The van der Waals surface area contributed by atoms with Crippen LogP contribution in [-0.2, 0) is 13.1 Å². The monoisotopic (exact) mass is 388 g/mol. The summed E-state index contributed by atoms with van der Waals surface area (Å²) in [4.78, 5) is 25.2. The molecule has 9 nitrogen and oxygen atoms in total. The van der Waals surface area contributed by atoms with Crippen molar-refractivity contribution in [3.63, 3.8) is 0 Å². The first-order chi connectivity index (χ1) is 14.0. The molecular weight excluding hydrogens is 368 g/mol. The molecular formula is C20H20N8O. The standard InChI is InChI=1S/C20H20N8O/c1-12-3-5-15-7-14(4-6-16(15)24-12)10-28-11-18(26-27-28)20(29)23-8-17-13(2)25-19(21)9-22-17/h3-7,9,11H,8,10H2,1-2H3,(H2,21,25)(H,23,29). The van der Waals surface area contributed by atoms with Gasteiger partial charge in [0.2, 0.25) is 0 Å². The topological polar surface area (TPSA) is 124 Å². The average molecular weight is 388 g/mol. The highest BCUT2D eigenvalue weighted by Crippen LogP contribution is 2.15. The van der Waals surface area contributed by atoms with Gasteiger partial charge in [-0.1, -0.05) is 17.3 Å². The lowest BCUT2D eigenvalue weighted by atomic mass is 10.1. The molecule has 146 valence electrons. The van der Waals surface area contributed by atoms with Gasteiger partial charge < -0.3 is 11.1 Å². The van der Waals surface area contributed by atoms with Crippen LogP contribution in [0.1, 0.15) is 33.1 Å². The smallest absolute Gasteiger partial charge is 0.273 e. The molecule has 9 heteroatoms. The summed E-state index contributed by atoms with van der Waals surface area (Å²) in [6.45, 7) is 4.51. The van der Waals surface area contributed by atoms with Gasteiger partial charge in [-0.05, 0) is 37.6 Å². The van der Waals surface area contributed by atoms with E-state index < -0.39 is 0 Å². The van der Waals surface area contributed by atoms with E-state index in [2.05, 4.69) is 36.6 Å². The summed E-state index contributed by atoms with van der Waals surface area (Å²) in [5, 5.41) is 11.9. The van der Waals surface area contributed by atoms with Crippen molar-refractivity contribution in [2.24, 2.45) is 0 Å². The number of aromatic nitrogens is 6. The van der Waals surface area contributed by atoms with Crippen molar-refractivity contribution < 1.29 is 4.79 Å². The van der Waals surface area contributed by atoms with Gasteiger partial charge in [-0.15, -0.1) is 5.10 Å². The molecule has 4 aromatic rings. The van der Waals surface area contributed by atoms with Crippen molar-refractivity contribution in [1.29, 1.82) is 0 Å². The third kappa shape index (κ3) is 4.18. The second-order valence-electron chi connectivity index (χ2n) is 6.79. The lowest BCUT2D eigenvalue weighted by Gasteiger charge is -2.05. The fraction of sp³-hybridized carbons (Fsp3) is 0.200. The molecule has 0 unspecified atom stereocenters. The molecule has 3 heterocycles. The van der Waals surface area contributed by atoms with Crippen LogP contribution in [0, 0.1) is 13.8 Å². The molecule has 0 radical (unpaired) electrons. The second-order valence-corrected chi connectivity index (χ2v) is 6.79. The Hall–Kier alpha value is -3.88. The third-order valence-corrected chi connectivity index (χ3v) is 4.49. The predicted octanol–water partition coefficient (Wildman–Crippen LogP) is 1.79. The van der Waals surface area contributed by atoms with Crippen LogP contribution in [0.15, 0.2) is 42.7 Å². The Labute approximate surface area is 167 Å². The molecule has 0 aliphatic heterocycles. The Kier molecular flexibility index (Phi) is 4.86. The second kappa shape index (κ2) is 7.63. The van der Waals surface area contributed by atoms with Crippen molar-refractivity contribution in [2.75, 3.05) is 5.73 Å². The summed E-state index contributed by atoms with van der Waals surface area (Å²) in [6.07, 6.45) is 3.08. The molecule has 0 atom stereocenters. The third-order valence-electron chi connectivity index (χ3n) is 4.49. The number of nitrogens with one attached hydrogen (secondary N) is 1. The normalized spacial score (nSPS) is 11.0. The van der Waals surface area contributed by atoms with Crippen LogP contribution in [0.5, 0.6) is 0 Å². The van der Waals surface area contributed by atoms with Crippen LogP contribution < -0.4 is 11.1 Å². The van der Waals surface area contributed by atoms with Crippen LogP contribution in [0.4, 0.5) is 5.82 Å². The maximum absolute atomic E-state index is 12.4. The molecule has 1 amide bonds. The largest absolute Gasteiger partial charge is 0.382 e. The summed E-state index contributed by atoms with van der Waals surface area (Å²) < 4.78 is 1.63. The summed E-state index contributed by atoms with van der Waals surface area (Å²) in [6, 6.07) is 10.1. The van der Waals surface area contributed by atoms with Gasteiger partial charge in [0.1, 0.15) is 5.82 Å². The van der Waals surface area contributed by atoms with Gasteiger partial charge >= 0.3 is 0 Å². The number of amides is 1. The maximum atomic E-state index is 12.4. The van der Waals surface area contributed by atoms with Gasteiger partial charge in [-0.3, -0.25) is 14.8 Å². The van der Waals surface area contributed by atoms with Gasteiger partial charge in [-0.2, -0.15) is 0 Å². The van der Waals surface area contributed by atoms with Crippen molar-refractivity contribution in [1.82, 2.24) is 35.3 Å².